The number of nitrogens with one attached hydrogen (secondary N) is 1. The van der Waals surface area contributed by atoms with Gasteiger partial charge in [-0.2, -0.15) is 0 Å². The van der Waals surface area contributed by atoms with E-state index in [0.717, 1.165) is 5.56 Å². The van der Waals surface area contributed by atoms with Gasteiger partial charge in [0.25, 0.3) is 5.91 Å². The van der Waals surface area contributed by atoms with Crippen molar-refractivity contribution in [1.82, 2.24) is 5.32 Å². The Morgan fingerprint density at radius 2 is 2.00 bits per heavy atom. The van der Waals surface area contributed by atoms with E-state index in [9.17, 15) is 4.79 Å². The Bertz CT molecular complexity index is 357. The summed E-state index contributed by atoms with van der Waals surface area (Å²) < 4.78 is 0. The van der Waals surface area contributed by atoms with E-state index in [2.05, 4.69) is 10.5 Å². The van der Waals surface area contributed by atoms with Crippen LogP contribution in [-0.4, -0.2) is 17.1 Å². The summed E-state index contributed by atoms with van der Waals surface area (Å²) in [6, 6.07) is 6.94. The standard InChI is InChI=1S/C9H11N3O2/c1-6-2-4-7(5-3-6)8(13)11-9(10)12-14/h2-5,14H,1H3,(H3,10,11,12,13). The second-order valence-corrected chi connectivity index (χ2v) is 2.81. The average Bonchev–Trinajstić information content (AvgIpc) is 2.18. The first kappa shape index (κ1) is 10.0. The predicted molar refractivity (Wildman–Crippen MR) is 52.1 cm³/mol. The Kier molecular flexibility index (Phi) is 3.06. The highest BCUT2D eigenvalue weighted by atomic mass is 16.4. The van der Waals surface area contributed by atoms with Crippen LogP contribution in [0.15, 0.2) is 29.4 Å². The van der Waals surface area contributed by atoms with E-state index in [-0.39, 0.29) is 5.96 Å². The van der Waals surface area contributed by atoms with Gasteiger partial charge in [-0.05, 0) is 19.1 Å². The fourth-order valence-electron chi connectivity index (χ4n) is 0.918. The third-order valence-electron chi connectivity index (χ3n) is 1.66. The molecular weight excluding hydrogens is 182 g/mol. The Balaban J connectivity index is 2.75. The van der Waals surface area contributed by atoms with Crippen molar-refractivity contribution < 1.29 is 10.0 Å². The minimum absolute atomic E-state index is 0.324. The minimum atomic E-state index is -0.402. The maximum atomic E-state index is 11.3. The van der Waals surface area contributed by atoms with Crippen LogP contribution in [0.5, 0.6) is 0 Å². The zero-order chi connectivity index (χ0) is 10.6. The Morgan fingerprint density at radius 1 is 1.43 bits per heavy atom. The SMILES string of the molecule is Cc1ccc(C(=O)N/C(N)=N/O)cc1. The molecular formula is C9H11N3O2. The van der Waals surface area contributed by atoms with Gasteiger partial charge in [-0.3, -0.25) is 10.1 Å². The second kappa shape index (κ2) is 4.27. The third-order valence-corrected chi connectivity index (χ3v) is 1.66. The van der Waals surface area contributed by atoms with Crippen LogP contribution >= 0.6 is 0 Å². The smallest absolute Gasteiger partial charge is 0.258 e. The highest BCUT2D eigenvalue weighted by Crippen LogP contribution is 2.02. The van der Waals surface area contributed by atoms with Crippen molar-refractivity contribution in [1.29, 1.82) is 0 Å². The number of benzene rings is 1. The van der Waals surface area contributed by atoms with Crippen molar-refractivity contribution >= 4 is 11.9 Å². The van der Waals surface area contributed by atoms with Crippen LogP contribution in [0.4, 0.5) is 0 Å². The van der Waals surface area contributed by atoms with E-state index < -0.39 is 5.91 Å². The molecule has 4 N–H and O–H groups in total. The molecule has 0 aliphatic carbocycles. The first-order valence-corrected chi connectivity index (χ1v) is 3.99. The summed E-state index contributed by atoms with van der Waals surface area (Å²) >= 11 is 0. The summed E-state index contributed by atoms with van der Waals surface area (Å²) in [6.45, 7) is 1.92. The van der Waals surface area contributed by atoms with Crippen LogP contribution in [0.1, 0.15) is 15.9 Å². The van der Waals surface area contributed by atoms with Gasteiger partial charge in [0.15, 0.2) is 0 Å². The summed E-state index contributed by atoms with van der Waals surface area (Å²) in [4.78, 5) is 11.3. The molecule has 1 amide bonds. The van der Waals surface area contributed by atoms with Crippen LogP contribution < -0.4 is 11.1 Å². The quantitative estimate of drug-likeness (QED) is 0.261. The number of hydrogen-bond acceptors (Lipinski definition) is 3. The van der Waals surface area contributed by atoms with E-state index in [1.807, 2.05) is 6.92 Å². The number of aryl methyl sites for hydroxylation is 1. The van der Waals surface area contributed by atoms with Crippen molar-refractivity contribution in [3.63, 3.8) is 0 Å². The van der Waals surface area contributed by atoms with Crippen LogP contribution in [0.3, 0.4) is 0 Å². The first-order valence-electron chi connectivity index (χ1n) is 3.99. The van der Waals surface area contributed by atoms with Crippen LogP contribution in [-0.2, 0) is 0 Å². The minimum Gasteiger partial charge on any atom is -0.408 e. The lowest BCUT2D eigenvalue weighted by atomic mass is 10.1. The van der Waals surface area contributed by atoms with Gasteiger partial charge in [0, 0.05) is 5.56 Å². The molecule has 0 radical (unpaired) electrons. The van der Waals surface area contributed by atoms with Gasteiger partial charge in [-0.1, -0.05) is 22.9 Å². The normalized spacial score (nSPS) is 11.1. The maximum absolute atomic E-state index is 11.3. The Hall–Kier alpha value is -2.04. The molecule has 0 saturated heterocycles. The predicted octanol–water partition coefficient (Wildman–Crippen LogP) is 0.429. The monoisotopic (exact) mass is 193 g/mol. The maximum Gasteiger partial charge on any atom is 0.258 e. The Labute approximate surface area is 81.2 Å². The molecule has 14 heavy (non-hydrogen) atoms. The number of carbonyl (C=O) groups is 1. The lowest BCUT2D eigenvalue weighted by Gasteiger charge is -2.02. The summed E-state index contributed by atoms with van der Waals surface area (Å²) in [7, 11) is 0. The summed E-state index contributed by atoms with van der Waals surface area (Å²) in [5, 5.41) is 13.1. The van der Waals surface area contributed by atoms with Crippen molar-refractivity contribution in [2.24, 2.45) is 10.9 Å². The molecule has 0 spiro atoms. The second-order valence-electron chi connectivity index (χ2n) is 2.81. The van der Waals surface area contributed by atoms with Crippen LogP contribution in [0.25, 0.3) is 0 Å². The number of nitrogens with two attached hydrogens (primary N) is 1. The molecule has 0 aromatic heterocycles. The van der Waals surface area contributed by atoms with Gasteiger partial charge in [-0.15, -0.1) is 0 Å². The molecule has 1 aromatic carbocycles. The summed E-state index contributed by atoms with van der Waals surface area (Å²) in [6.07, 6.45) is 0. The van der Waals surface area contributed by atoms with Gasteiger partial charge in [0.05, 0.1) is 0 Å². The third kappa shape index (κ3) is 2.48. The number of nitrogens with zero attached hydrogens (tertiary/aromatic N) is 1. The van der Waals surface area contributed by atoms with Crippen molar-refractivity contribution in [2.75, 3.05) is 0 Å². The molecule has 0 bridgehead atoms. The molecule has 5 heteroatoms. The molecule has 74 valence electrons. The van der Waals surface area contributed by atoms with Gasteiger partial charge in [-0.25, -0.2) is 0 Å². The van der Waals surface area contributed by atoms with Gasteiger partial charge >= 0.3 is 0 Å². The van der Waals surface area contributed by atoms with E-state index >= 15 is 0 Å². The number of hydrogen-bond donors (Lipinski definition) is 3. The van der Waals surface area contributed by atoms with Crippen molar-refractivity contribution in [3.8, 4) is 0 Å². The lowest BCUT2D eigenvalue weighted by Crippen LogP contribution is -2.36. The van der Waals surface area contributed by atoms with Gasteiger partial charge in [0.2, 0.25) is 5.96 Å². The molecule has 0 aliphatic rings. The fraction of sp³-hybridized carbons (Fsp3) is 0.111. The fourth-order valence-corrected chi connectivity index (χ4v) is 0.918. The van der Waals surface area contributed by atoms with Gasteiger partial charge < -0.3 is 10.9 Å². The molecule has 5 nitrogen and oxygen atoms in total. The molecule has 0 heterocycles. The van der Waals surface area contributed by atoms with Crippen LogP contribution in [0, 0.1) is 6.92 Å². The van der Waals surface area contributed by atoms with E-state index in [0.29, 0.717) is 5.56 Å². The molecule has 0 saturated carbocycles. The molecule has 0 atom stereocenters. The lowest BCUT2D eigenvalue weighted by molar-refractivity contribution is 0.0975. The van der Waals surface area contributed by atoms with E-state index in [4.69, 9.17) is 10.9 Å². The highest BCUT2D eigenvalue weighted by molar-refractivity contribution is 6.05. The Morgan fingerprint density at radius 3 is 2.50 bits per heavy atom. The molecule has 0 fully saturated rings. The number of amides is 1. The number of oxime groups is 1. The zero-order valence-corrected chi connectivity index (χ0v) is 7.69. The molecule has 1 aromatic rings. The van der Waals surface area contributed by atoms with Crippen LogP contribution in [0.2, 0.25) is 0 Å². The molecule has 0 unspecified atom stereocenters. The molecule has 0 aliphatic heterocycles. The average molecular weight is 193 g/mol. The first-order chi connectivity index (χ1) is 6.63. The highest BCUT2D eigenvalue weighted by Gasteiger charge is 2.05. The van der Waals surface area contributed by atoms with Gasteiger partial charge in [0.1, 0.15) is 0 Å². The number of guanidine groups is 1. The van der Waals surface area contributed by atoms with E-state index in [1.54, 1.807) is 24.3 Å². The summed E-state index contributed by atoms with van der Waals surface area (Å²) in [5.74, 6) is -0.726. The van der Waals surface area contributed by atoms with Crippen molar-refractivity contribution in [3.05, 3.63) is 35.4 Å². The zero-order valence-electron chi connectivity index (χ0n) is 7.69. The topological polar surface area (TPSA) is 87.7 Å². The van der Waals surface area contributed by atoms with Crippen molar-refractivity contribution in [2.45, 2.75) is 6.92 Å². The summed E-state index contributed by atoms with van der Waals surface area (Å²) in [5.41, 5.74) is 6.63. The molecule has 1 rings (SSSR count). The van der Waals surface area contributed by atoms with E-state index in [1.165, 1.54) is 0 Å². The number of rotatable bonds is 1. The number of carbonyl (C=O) groups excluding carboxylic acids is 1. The largest absolute Gasteiger partial charge is 0.408 e.